The van der Waals surface area contributed by atoms with Gasteiger partial charge in [-0.15, -0.1) is 0 Å². The standard InChI is InChI=1S/C16H21N3O5S2/c1-2-24-15-5-7-16(8-6-15)26(22,23)18-10-11-25(20,21)19-13-14-4-3-9-17-12-14/h3-9,12,18-19H,2,10-11,13H2,1H3. The largest absolute Gasteiger partial charge is 0.494 e. The first-order chi connectivity index (χ1) is 12.3. The average Bonchev–Trinajstić information content (AvgIpc) is 2.61. The lowest BCUT2D eigenvalue weighted by atomic mass is 10.3. The molecule has 0 spiro atoms. The number of hydrogen-bond donors (Lipinski definition) is 2. The average molecular weight is 399 g/mol. The molecule has 8 nitrogen and oxygen atoms in total. The van der Waals surface area contributed by atoms with E-state index in [-0.39, 0.29) is 23.7 Å². The topological polar surface area (TPSA) is 114 Å². The summed E-state index contributed by atoms with van der Waals surface area (Å²) in [6, 6.07) is 9.35. The summed E-state index contributed by atoms with van der Waals surface area (Å²) in [5.74, 6) is 0.192. The van der Waals surface area contributed by atoms with Crippen molar-refractivity contribution < 1.29 is 21.6 Å². The second-order valence-electron chi connectivity index (χ2n) is 5.30. The Bertz CT molecular complexity index is 899. The Balaban J connectivity index is 1.86. The van der Waals surface area contributed by atoms with Gasteiger partial charge in [0.2, 0.25) is 20.0 Å². The van der Waals surface area contributed by atoms with Crippen LogP contribution in [-0.2, 0) is 26.6 Å². The molecular weight excluding hydrogens is 378 g/mol. The van der Waals surface area contributed by atoms with E-state index in [1.165, 1.54) is 12.1 Å². The van der Waals surface area contributed by atoms with Gasteiger partial charge in [0.1, 0.15) is 5.75 Å². The van der Waals surface area contributed by atoms with Crippen LogP contribution in [0.4, 0.5) is 0 Å². The van der Waals surface area contributed by atoms with Gasteiger partial charge in [-0.05, 0) is 42.8 Å². The third kappa shape index (κ3) is 6.37. The Morgan fingerprint density at radius 2 is 1.77 bits per heavy atom. The van der Waals surface area contributed by atoms with E-state index < -0.39 is 20.0 Å². The lowest BCUT2D eigenvalue weighted by molar-refractivity contribution is 0.340. The van der Waals surface area contributed by atoms with Gasteiger partial charge in [0, 0.05) is 25.5 Å². The van der Waals surface area contributed by atoms with Crippen molar-refractivity contribution in [3.63, 3.8) is 0 Å². The fourth-order valence-corrected chi connectivity index (χ4v) is 4.11. The molecule has 2 rings (SSSR count). The van der Waals surface area contributed by atoms with E-state index in [1.54, 1.807) is 36.7 Å². The van der Waals surface area contributed by atoms with E-state index in [2.05, 4.69) is 14.4 Å². The van der Waals surface area contributed by atoms with Crippen LogP contribution in [0.3, 0.4) is 0 Å². The molecule has 0 fully saturated rings. The molecule has 0 saturated carbocycles. The van der Waals surface area contributed by atoms with E-state index in [0.717, 1.165) is 0 Å². The molecule has 26 heavy (non-hydrogen) atoms. The Hall–Kier alpha value is -2.01. The highest BCUT2D eigenvalue weighted by atomic mass is 32.2. The normalized spacial score (nSPS) is 12.0. The van der Waals surface area contributed by atoms with Gasteiger partial charge in [0.15, 0.2) is 0 Å². The van der Waals surface area contributed by atoms with Gasteiger partial charge in [0.25, 0.3) is 0 Å². The molecule has 142 valence electrons. The highest BCUT2D eigenvalue weighted by molar-refractivity contribution is 7.90. The quantitative estimate of drug-likeness (QED) is 0.613. The van der Waals surface area contributed by atoms with Gasteiger partial charge in [0.05, 0.1) is 17.3 Å². The lowest BCUT2D eigenvalue weighted by Crippen LogP contribution is -2.34. The van der Waals surface area contributed by atoms with Crippen molar-refractivity contribution in [3.05, 3.63) is 54.4 Å². The first-order valence-corrected chi connectivity index (χ1v) is 11.0. The molecule has 1 aromatic heterocycles. The molecule has 0 unspecified atom stereocenters. The van der Waals surface area contributed by atoms with Crippen LogP contribution in [0.2, 0.25) is 0 Å². The van der Waals surface area contributed by atoms with Gasteiger partial charge >= 0.3 is 0 Å². The number of aromatic nitrogens is 1. The fourth-order valence-electron chi connectivity index (χ4n) is 2.04. The SMILES string of the molecule is CCOc1ccc(S(=O)(=O)NCCS(=O)(=O)NCc2cccnc2)cc1. The Morgan fingerprint density at radius 3 is 2.38 bits per heavy atom. The highest BCUT2D eigenvalue weighted by Gasteiger charge is 2.16. The minimum Gasteiger partial charge on any atom is -0.494 e. The first kappa shape index (κ1) is 20.3. The van der Waals surface area contributed by atoms with E-state index in [9.17, 15) is 16.8 Å². The van der Waals surface area contributed by atoms with Crippen molar-refractivity contribution in [1.29, 1.82) is 0 Å². The molecule has 0 aliphatic heterocycles. The van der Waals surface area contributed by atoms with Crippen molar-refractivity contribution in [1.82, 2.24) is 14.4 Å². The third-order valence-corrected chi connectivity index (χ3v) is 6.13. The molecule has 0 amide bonds. The molecule has 2 N–H and O–H groups in total. The van der Waals surface area contributed by atoms with Crippen molar-refractivity contribution in [2.75, 3.05) is 18.9 Å². The predicted molar refractivity (Wildman–Crippen MR) is 97.7 cm³/mol. The molecule has 0 atom stereocenters. The minimum absolute atomic E-state index is 0.0432. The Labute approximate surface area is 153 Å². The number of rotatable bonds is 10. The van der Waals surface area contributed by atoms with Crippen molar-refractivity contribution >= 4 is 20.0 Å². The predicted octanol–water partition coefficient (Wildman–Crippen LogP) is 0.878. The van der Waals surface area contributed by atoms with Crippen LogP contribution in [0.5, 0.6) is 5.75 Å². The summed E-state index contributed by atoms with van der Waals surface area (Å²) < 4.78 is 58.2. The Kier molecular flexibility index (Phi) is 7.09. The fraction of sp³-hybridized carbons (Fsp3) is 0.312. The molecule has 1 heterocycles. The number of sulfonamides is 2. The van der Waals surface area contributed by atoms with Crippen molar-refractivity contribution in [2.45, 2.75) is 18.4 Å². The summed E-state index contributed by atoms with van der Waals surface area (Å²) in [5, 5.41) is 0. The zero-order valence-electron chi connectivity index (χ0n) is 14.3. The summed E-state index contributed by atoms with van der Waals surface area (Å²) in [6.07, 6.45) is 3.14. The summed E-state index contributed by atoms with van der Waals surface area (Å²) in [5.41, 5.74) is 0.714. The van der Waals surface area contributed by atoms with Gasteiger partial charge in [-0.1, -0.05) is 6.07 Å². The maximum absolute atomic E-state index is 12.2. The summed E-state index contributed by atoms with van der Waals surface area (Å²) >= 11 is 0. The smallest absolute Gasteiger partial charge is 0.240 e. The second-order valence-corrected chi connectivity index (χ2v) is 9.00. The number of nitrogens with zero attached hydrogens (tertiary/aromatic N) is 1. The molecule has 0 saturated heterocycles. The molecule has 0 bridgehead atoms. The molecule has 1 aromatic carbocycles. The monoisotopic (exact) mass is 399 g/mol. The maximum atomic E-state index is 12.2. The van der Waals surface area contributed by atoms with Gasteiger partial charge in [-0.3, -0.25) is 4.98 Å². The van der Waals surface area contributed by atoms with Crippen molar-refractivity contribution in [2.24, 2.45) is 0 Å². The maximum Gasteiger partial charge on any atom is 0.240 e. The zero-order chi connectivity index (χ0) is 19.0. The third-order valence-electron chi connectivity index (χ3n) is 3.33. The van der Waals surface area contributed by atoms with E-state index in [1.807, 2.05) is 6.92 Å². The molecular formula is C16H21N3O5S2. The Morgan fingerprint density at radius 1 is 1.04 bits per heavy atom. The van der Waals surface area contributed by atoms with E-state index >= 15 is 0 Å². The van der Waals surface area contributed by atoms with Gasteiger partial charge in [-0.25, -0.2) is 26.3 Å². The first-order valence-electron chi connectivity index (χ1n) is 7.91. The molecule has 0 aliphatic rings. The summed E-state index contributed by atoms with van der Waals surface area (Å²) in [4.78, 5) is 3.94. The number of ether oxygens (including phenoxy) is 1. The molecule has 0 radical (unpaired) electrons. The highest BCUT2D eigenvalue weighted by Crippen LogP contribution is 2.15. The number of hydrogen-bond acceptors (Lipinski definition) is 6. The molecule has 10 heteroatoms. The van der Waals surface area contributed by atoms with Crippen LogP contribution in [0.25, 0.3) is 0 Å². The van der Waals surface area contributed by atoms with Crippen LogP contribution in [-0.4, -0.2) is 40.7 Å². The van der Waals surface area contributed by atoms with E-state index in [0.29, 0.717) is 17.9 Å². The van der Waals surface area contributed by atoms with Crippen LogP contribution in [0.15, 0.2) is 53.7 Å². The van der Waals surface area contributed by atoms with Crippen LogP contribution in [0.1, 0.15) is 12.5 Å². The molecule has 2 aromatic rings. The van der Waals surface area contributed by atoms with E-state index in [4.69, 9.17) is 4.74 Å². The lowest BCUT2D eigenvalue weighted by Gasteiger charge is -2.09. The van der Waals surface area contributed by atoms with Crippen LogP contribution >= 0.6 is 0 Å². The number of nitrogens with one attached hydrogen (secondary N) is 2. The van der Waals surface area contributed by atoms with Gasteiger partial charge < -0.3 is 4.74 Å². The zero-order valence-corrected chi connectivity index (χ0v) is 15.9. The second kappa shape index (κ2) is 9.08. The minimum atomic E-state index is -3.79. The number of benzene rings is 1. The van der Waals surface area contributed by atoms with Crippen LogP contribution < -0.4 is 14.2 Å². The molecule has 0 aliphatic carbocycles. The summed E-state index contributed by atoms with van der Waals surface area (Å²) in [7, 11) is -7.41. The van der Waals surface area contributed by atoms with Gasteiger partial charge in [-0.2, -0.15) is 0 Å². The number of pyridine rings is 1. The summed E-state index contributed by atoms with van der Waals surface area (Å²) in [6.45, 7) is 2.17. The van der Waals surface area contributed by atoms with Crippen molar-refractivity contribution in [3.8, 4) is 5.75 Å². The van der Waals surface area contributed by atoms with Crippen LogP contribution in [0, 0.1) is 0 Å².